The van der Waals surface area contributed by atoms with Gasteiger partial charge < -0.3 is 14.6 Å². The van der Waals surface area contributed by atoms with Gasteiger partial charge in [0, 0.05) is 24.8 Å². The molecule has 150 valence electrons. The zero-order chi connectivity index (χ0) is 20.4. The van der Waals surface area contributed by atoms with Gasteiger partial charge in [0.25, 0.3) is 0 Å². The Balaban J connectivity index is 1.60. The average Bonchev–Trinajstić information content (AvgIpc) is 3.35. The molecule has 2 aliphatic rings. The van der Waals surface area contributed by atoms with Crippen molar-refractivity contribution in [2.45, 2.75) is 38.6 Å². The van der Waals surface area contributed by atoms with Crippen LogP contribution in [-0.4, -0.2) is 34.5 Å². The highest BCUT2D eigenvalue weighted by Crippen LogP contribution is 2.37. The molecule has 0 fully saturated rings. The maximum Gasteiger partial charge on any atom is 0.303 e. The molecule has 4 rings (SSSR count). The number of hydrogen-bond acceptors (Lipinski definition) is 5. The van der Waals surface area contributed by atoms with E-state index >= 15 is 0 Å². The Morgan fingerprint density at radius 2 is 1.86 bits per heavy atom. The maximum absolute atomic E-state index is 12.8. The van der Waals surface area contributed by atoms with E-state index in [0.717, 1.165) is 22.4 Å². The van der Waals surface area contributed by atoms with Crippen molar-refractivity contribution in [2.24, 2.45) is 5.10 Å². The van der Waals surface area contributed by atoms with Gasteiger partial charge in [-0.1, -0.05) is 29.8 Å². The van der Waals surface area contributed by atoms with Crippen LogP contribution < -0.4 is 9.47 Å². The van der Waals surface area contributed by atoms with Gasteiger partial charge in [-0.15, -0.1) is 0 Å². The molecule has 1 N–H and O–H groups in total. The van der Waals surface area contributed by atoms with E-state index < -0.39 is 5.97 Å². The van der Waals surface area contributed by atoms with E-state index in [1.165, 1.54) is 5.01 Å². The predicted molar refractivity (Wildman–Crippen MR) is 106 cm³/mol. The molecule has 2 aliphatic heterocycles. The first-order valence-corrected chi connectivity index (χ1v) is 9.59. The van der Waals surface area contributed by atoms with Crippen LogP contribution in [0.3, 0.4) is 0 Å². The molecule has 0 spiro atoms. The van der Waals surface area contributed by atoms with Gasteiger partial charge in [-0.25, -0.2) is 5.01 Å². The number of fused-ring (bicyclic) bond motifs is 1. The van der Waals surface area contributed by atoms with E-state index in [-0.39, 0.29) is 31.6 Å². The molecule has 2 aromatic carbocycles. The number of carboxylic acids is 1. The molecule has 0 saturated carbocycles. The minimum atomic E-state index is -0.904. The SMILES string of the molecule is Cc1ccc(C2CC(c3ccc4c(c3)OCO4)=NN2C(=O)CCCC(=O)O)cc1. The van der Waals surface area contributed by atoms with Crippen LogP contribution in [-0.2, 0) is 9.59 Å². The van der Waals surface area contributed by atoms with Gasteiger partial charge in [0.1, 0.15) is 0 Å². The maximum atomic E-state index is 12.8. The summed E-state index contributed by atoms with van der Waals surface area (Å²) >= 11 is 0. The number of aryl methyl sites for hydroxylation is 1. The monoisotopic (exact) mass is 394 g/mol. The van der Waals surface area contributed by atoms with Crippen LogP contribution in [0.15, 0.2) is 47.6 Å². The minimum Gasteiger partial charge on any atom is -0.481 e. The number of benzene rings is 2. The first-order chi connectivity index (χ1) is 14.0. The van der Waals surface area contributed by atoms with Crippen molar-refractivity contribution in [3.8, 4) is 11.5 Å². The Morgan fingerprint density at radius 1 is 1.10 bits per heavy atom. The molecular weight excluding hydrogens is 372 g/mol. The number of hydrogen-bond donors (Lipinski definition) is 1. The fraction of sp³-hybridized carbons (Fsp3) is 0.318. The number of rotatable bonds is 6. The van der Waals surface area contributed by atoms with Crippen LogP contribution in [0.1, 0.15) is 48.4 Å². The summed E-state index contributed by atoms with van der Waals surface area (Å²) in [6, 6.07) is 13.5. The van der Waals surface area contributed by atoms with E-state index in [2.05, 4.69) is 5.10 Å². The number of carbonyl (C=O) groups is 2. The van der Waals surface area contributed by atoms with Gasteiger partial charge in [-0.3, -0.25) is 9.59 Å². The topological polar surface area (TPSA) is 88.4 Å². The Morgan fingerprint density at radius 3 is 2.62 bits per heavy atom. The molecule has 0 saturated heterocycles. The Hall–Kier alpha value is -3.35. The lowest BCUT2D eigenvalue weighted by molar-refractivity contribution is -0.137. The third-order valence-corrected chi connectivity index (χ3v) is 5.12. The van der Waals surface area contributed by atoms with Crippen molar-refractivity contribution in [1.82, 2.24) is 5.01 Å². The number of nitrogens with zero attached hydrogens (tertiary/aromatic N) is 2. The lowest BCUT2D eigenvalue weighted by Crippen LogP contribution is -2.27. The minimum absolute atomic E-state index is 0.0342. The summed E-state index contributed by atoms with van der Waals surface area (Å²) in [7, 11) is 0. The molecule has 1 amide bonds. The third kappa shape index (κ3) is 4.08. The molecule has 0 aliphatic carbocycles. The molecule has 2 aromatic rings. The first kappa shape index (κ1) is 19.0. The van der Waals surface area contributed by atoms with Gasteiger partial charge in [-0.05, 0) is 37.1 Å². The molecule has 1 atom stereocenters. The Labute approximate surface area is 168 Å². The molecule has 7 heteroatoms. The van der Waals surface area contributed by atoms with Crippen LogP contribution >= 0.6 is 0 Å². The Kier molecular flexibility index (Phi) is 5.20. The van der Waals surface area contributed by atoms with Crippen molar-refractivity contribution >= 4 is 17.6 Å². The largest absolute Gasteiger partial charge is 0.481 e. The van der Waals surface area contributed by atoms with Crippen molar-refractivity contribution < 1.29 is 24.2 Å². The zero-order valence-electron chi connectivity index (χ0n) is 16.1. The second kappa shape index (κ2) is 7.95. The van der Waals surface area contributed by atoms with E-state index in [1.807, 2.05) is 49.4 Å². The fourth-order valence-electron chi connectivity index (χ4n) is 3.54. The zero-order valence-corrected chi connectivity index (χ0v) is 16.1. The summed E-state index contributed by atoms with van der Waals surface area (Å²) in [6.07, 6.45) is 0.980. The van der Waals surface area contributed by atoms with Crippen LogP contribution in [0, 0.1) is 6.92 Å². The summed E-state index contributed by atoms with van der Waals surface area (Å²) in [4.78, 5) is 23.6. The van der Waals surface area contributed by atoms with E-state index in [1.54, 1.807) is 0 Å². The summed E-state index contributed by atoms with van der Waals surface area (Å²) < 4.78 is 10.8. The molecule has 0 aromatic heterocycles. The van der Waals surface area contributed by atoms with Crippen LogP contribution in [0.5, 0.6) is 11.5 Å². The number of carbonyl (C=O) groups excluding carboxylic acids is 1. The quantitative estimate of drug-likeness (QED) is 0.808. The molecular formula is C22H22N2O5. The van der Waals surface area contributed by atoms with Crippen LogP contribution in [0.25, 0.3) is 0 Å². The highest BCUT2D eigenvalue weighted by Gasteiger charge is 2.33. The fourth-order valence-corrected chi connectivity index (χ4v) is 3.54. The van der Waals surface area contributed by atoms with E-state index in [4.69, 9.17) is 14.6 Å². The van der Waals surface area contributed by atoms with Crippen molar-refractivity contribution in [1.29, 1.82) is 0 Å². The highest BCUT2D eigenvalue weighted by atomic mass is 16.7. The van der Waals surface area contributed by atoms with Crippen LogP contribution in [0.2, 0.25) is 0 Å². The highest BCUT2D eigenvalue weighted by molar-refractivity contribution is 6.03. The average molecular weight is 394 g/mol. The van der Waals surface area contributed by atoms with Gasteiger partial charge >= 0.3 is 5.97 Å². The molecule has 29 heavy (non-hydrogen) atoms. The van der Waals surface area contributed by atoms with E-state index in [9.17, 15) is 9.59 Å². The number of carboxylic acid groups (broad SMARTS) is 1. The van der Waals surface area contributed by atoms with Crippen LogP contribution in [0.4, 0.5) is 0 Å². The molecule has 2 heterocycles. The van der Waals surface area contributed by atoms with Gasteiger partial charge in [0.05, 0.1) is 11.8 Å². The molecule has 0 bridgehead atoms. The van der Waals surface area contributed by atoms with Crippen molar-refractivity contribution in [3.63, 3.8) is 0 Å². The summed E-state index contributed by atoms with van der Waals surface area (Å²) in [5.74, 6) is 0.291. The lowest BCUT2D eigenvalue weighted by atomic mass is 9.97. The first-order valence-electron chi connectivity index (χ1n) is 9.59. The number of amides is 1. The van der Waals surface area contributed by atoms with Gasteiger partial charge in [0.2, 0.25) is 12.7 Å². The summed E-state index contributed by atoms with van der Waals surface area (Å²) in [5.41, 5.74) is 3.82. The van der Waals surface area contributed by atoms with Crippen molar-refractivity contribution in [2.75, 3.05) is 6.79 Å². The smallest absolute Gasteiger partial charge is 0.303 e. The number of hydrazone groups is 1. The molecule has 1 unspecified atom stereocenters. The predicted octanol–water partition coefficient (Wildman–Crippen LogP) is 3.66. The normalized spacial score (nSPS) is 17.3. The molecule has 0 radical (unpaired) electrons. The number of aliphatic carboxylic acids is 1. The summed E-state index contributed by atoms with van der Waals surface area (Å²) in [5, 5.41) is 15.0. The second-order valence-electron chi connectivity index (χ2n) is 7.23. The Bertz CT molecular complexity index is 968. The van der Waals surface area contributed by atoms with Gasteiger partial charge in [0.15, 0.2) is 11.5 Å². The van der Waals surface area contributed by atoms with Crippen molar-refractivity contribution in [3.05, 3.63) is 59.2 Å². The van der Waals surface area contributed by atoms with Gasteiger partial charge in [-0.2, -0.15) is 5.10 Å². The summed E-state index contributed by atoms with van der Waals surface area (Å²) in [6.45, 7) is 2.22. The van der Waals surface area contributed by atoms with E-state index in [0.29, 0.717) is 24.3 Å². The standard InChI is InChI=1S/C22H22N2O5/c1-14-5-7-15(8-6-14)18-12-17(16-9-10-19-20(11-16)29-13-28-19)23-24(18)21(25)3-2-4-22(26)27/h5-11,18H,2-4,12-13H2,1H3,(H,26,27). The lowest BCUT2D eigenvalue weighted by Gasteiger charge is -2.22. The second-order valence-corrected chi connectivity index (χ2v) is 7.23. The third-order valence-electron chi connectivity index (χ3n) is 5.12. The number of ether oxygens (including phenoxy) is 2. The molecule has 7 nitrogen and oxygen atoms in total.